The van der Waals surface area contributed by atoms with Gasteiger partial charge in [-0.05, 0) is 65.7 Å². The maximum Gasteiger partial charge on any atom is 0.234 e. The summed E-state index contributed by atoms with van der Waals surface area (Å²) in [6, 6.07) is 40.5. The van der Waals surface area contributed by atoms with Gasteiger partial charge in [-0.25, -0.2) is 15.0 Å². The van der Waals surface area contributed by atoms with Crippen molar-refractivity contribution in [2.45, 2.75) is 0 Å². The van der Waals surface area contributed by atoms with E-state index in [2.05, 4.69) is 52.0 Å². The number of rotatable bonds is 5. The monoisotopic (exact) mass is 541 g/mol. The smallest absolute Gasteiger partial charge is 0.234 e. The van der Waals surface area contributed by atoms with Gasteiger partial charge in [-0.1, -0.05) is 66.7 Å². The van der Waals surface area contributed by atoms with E-state index in [4.69, 9.17) is 19.4 Å². The Labute approximate surface area is 241 Å². The van der Waals surface area contributed by atoms with Gasteiger partial charge in [0, 0.05) is 40.5 Å². The van der Waals surface area contributed by atoms with Crippen LogP contribution in [0.15, 0.2) is 143 Å². The summed E-state index contributed by atoms with van der Waals surface area (Å²) in [6.07, 6.45) is 5.65. The molecule has 3 heterocycles. The van der Waals surface area contributed by atoms with Crippen molar-refractivity contribution in [3.63, 3.8) is 0 Å². The van der Waals surface area contributed by atoms with Crippen LogP contribution in [0.1, 0.15) is 5.56 Å². The van der Waals surface area contributed by atoms with Crippen LogP contribution >= 0.6 is 0 Å². The van der Waals surface area contributed by atoms with Gasteiger partial charge in [-0.15, -0.1) is 0 Å². The molecule has 0 atom stereocenters. The zero-order chi connectivity index (χ0) is 27.9. The third-order valence-electron chi connectivity index (χ3n) is 7.39. The average molecular weight is 542 g/mol. The molecule has 0 bridgehead atoms. The third-order valence-corrected chi connectivity index (χ3v) is 7.39. The van der Waals surface area contributed by atoms with E-state index in [-0.39, 0.29) is 0 Å². The quantitative estimate of drug-likeness (QED) is 0.204. The number of hydrogen-bond acceptors (Lipinski definition) is 5. The number of aliphatic imine (C=N–C) groups is 1. The van der Waals surface area contributed by atoms with Gasteiger partial charge in [0.25, 0.3) is 0 Å². The second-order valence-electron chi connectivity index (χ2n) is 10.1. The standard InChI is InChI=1S/C36H23N5O/c1-3-9-25(10-4-1)27-22-38-36(39-23-27)41-32-17-15-24(21-37-28-11-5-2-6-12-28)19-29(32)30-20-26(16-18-33(30)41)35-40-31-13-7-8-14-34(31)42-35/h1-23H. The number of para-hydroxylation sites is 3. The van der Waals surface area contributed by atoms with Gasteiger partial charge in [0.2, 0.25) is 11.8 Å². The van der Waals surface area contributed by atoms with E-state index >= 15 is 0 Å². The van der Waals surface area contributed by atoms with E-state index in [0.29, 0.717) is 11.8 Å². The summed E-state index contributed by atoms with van der Waals surface area (Å²) >= 11 is 0. The summed E-state index contributed by atoms with van der Waals surface area (Å²) in [7, 11) is 0. The molecule has 0 amide bonds. The minimum absolute atomic E-state index is 0.587. The first-order chi connectivity index (χ1) is 20.8. The lowest BCUT2D eigenvalue weighted by molar-refractivity contribution is 0.620. The predicted octanol–water partition coefficient (Wildman–Crippen LogP) is 8.80. The summed E-state index contributed by atoms with van der Waals surface area (Å²) in [6.45, 7) is 0. The van der Waals surface area contributed by atoms with Crippen LogP contribution in [-0.2, 0) is 0 Å². The molecule has 0 aliphatic carbocycles. The van der Waals surface area contributed by atoms with E-state index < -0.39 is 0 Å². The van der Waals surface area contributed by atoms with Crippen LogP contribution in [0.3, 0.4) is 0 Å². The fraction of sp³-hybridized carbons (Fsp3) is 0. The van der Waals surface area contributed by atoms with E-state index in [1.54, 1.807) is 0 Å². The first-order valence-electron chi connectivity index (χ1n) is 13.7. The largest absolute Gasteiger partial charge is 0.436 e. The van der Waals surface area contributed by atoms with Crippen molar-refractivity contribution in [2.75, 3.05) is 0 Å². The van der Waals surface area contributed by atoms with E-state index in [1.807, 2.05) is 97.5 Å². The maximum absolute atomic E-state index is 6.11. The fourth-order valence-electron chi connectivity index (χ4n) is 5.34. The van der Waals surface area contributed by atoms with Gasteiger partial charge in [0.1, 0.15) is 5.52 Å². The molecule has 0 spiro atoms. The van der Waals surface area contributed by atoms with Crippen LogP contribution < -0.4 is 0 Å². The van der Waals surface area contributed by atoms with Crippen LogP contribution in [0.5, 0.6) is 0 Å². The number of fused-ring (bicyclic) bond motifs is 4. The van der Waals surface area contributed by atoms with Gasteiger partial charge in [-0.3, -0.25) is 9.56 Å². The van der Waals surface area contributed by atoms with Crippen molar-refractivity contribution < 1.29 is 4.42 Å². The second kappa shape index (κ2) is 9.94. The number of aromatic nitrogens is 4. The summed E-state index contributed by atoms with van der Waals surface area (Å²) in [5, 5.41) is 2.12. The molecule has 3 aromatic heterocycles. The highest BCUT2D eigenvalue weighted by Crippen LogP contribution is 2.35. The molecule has 8 rings (SSSR count). The van der Waals surface area contributed by atoms with Crippen molar-refractivity contribution in [3.05, 3.63) is 139 Å². The first kappa shape index (κ1) is 24.0. The van der Waals surface area contributed by atoms with Crippen LogP contribution in [0.4, 0.5) is 5.69 Å². The van der Waals surface area contributed by atoms with Crippen molar-refractivity contribution in [2.24, 2.45) is 4.99 Å². The highest BCUT2D eigenvalue weighted by molar-refractivity contribution is 6.11. The van der Waals surface area contributed by atoms with Crippen molar-refractivity contribution in [3.8, 4) is 28.5 Å². The highest BCUT2D eigenvalue weighted by Gasteiger charge is 2.17. The molecule has 8 aromatic rings. The van der Waals surface area contributed by atoms with Crippen molar-refractivity contribution in [1.29, 1.82) is 0 Å². The zero-order valence-electron chi connectivity index (χ0n) is 22.4. The minimum Gasteiger partial charge on any atom is -0.436 e. The van der Waals surface area contributed by atoms with E-state index in [9.17, 15) is 0 Å². The SMILES string of the molecule is C(=Nc1ccccc1)c1ccc2c(c1)c1cc(-c3nc4ccccc4o3)ccc1n2-c1ncc(-c2ccccc2)cn1. The molecule has 0 aliphatic rings. The Hall–Kier alpha value is -5.88. The lowest BCUT2D eigenvalue weighted by Gasteiger charge is -2.07. The molecular weight excluding hydrogens is 518 g/mol. The molecule has 5 aromatic carbocycles. The molecule has 6 heteroatoms. The van der Waals surface area contributed by atoms with Gasteiger partial charge >= 0.3 is 0 Å². The third kappa shape index (κ3) is 4.22. The Bertz CT molecular complexity index is 2200. The highest BCUT2D eigenvalue weighted by atomic mass is 16.3. The maximum atomic E-state index is 6.11. The van der Waals surface area contributed by atoms with Crippen molar-refractivity contribution >= 4 is 44.8 Å². The van der Waals surface area contributed by atoms with Gasteiger partial charge in [0.15, 0.2) is 5.58 Å². The van der Waals surface area contributed by atoms with Gasteiger partial charge in [0.05, 0.1) is 16.7 Å². The second-order valence-corrected chi connectivity index (χ2v) is 10.1. The molecule has 0 N–H and O–H groups in total. The molecule has 0 saturated heterocycles. The molecule has 198 valence electrons. The summed E-state index contributed by atoms with van der Waals surface area (Å²) in [4.78, 5) is 19.0. The van der Waals surface area contributed by atoms with Crippen LogP contribution in [0.2, 0.25) is 0 Å². The molecule has 0 radical (unpaired) electrons. The van der Waals surface area contributed by atoms with Crippen LogP contribution in [0, 0.1) is 0 Å². The summed E-state index contributed by atoms with van der Waals surface area (Å²) < 4.78 is 8.21. The summed E-state index contributed by atoms with van der Waals surface area (Å²) in [5.74, 6) is 1.19. The zero-order valence-corrected chi connectivity index (χ0v) is 22.4. The van der Waals surface area contributed by atoms with Crippen molar-refractivity contribution in [1.82, 2.24) is 19.5 Å². The Kier molecular flexibility index (Phi) is 5.67. The van der Waals surface area contributed by atoms with Gasteiger partial charge < -0.3 is 4.42 Å². The van der Waals surface area contributed by atoms with E-state index in [1.165, 1.54) is 0 Å². The van der Waals surface area contributed by atoms with Gasteiger partial charge in [-0.2, -0.15) is 0 Å². The Morgan fingerprint density at radius 3 is 2.10 bits per heavy atom. The molecule has 0 saturated carbocycles. The Balaban J connectivity index is 1.30. The molecule has 6 nitrogen and oxygen atoms in total. The molecule has 0 unspecified atom stereocenters. The molecule has 42 heavy (non-hydrogen) atoms. The van der Waals surface area contributed by atoms with Crippen LogP contribution in [-0.4, -0.2) is 25.7 Å². The fourth-order valence-corrected chi connectivity index (χ4v) is 5.34. The number of benzene rings is 5. The van der Waals surface area contributed by atoms with Crippen LogP contribution in [0.25, 0.3) is 61.4 Å². The molecule has 0 aliphatic heterocycles. The average Bonchev–Trinajstić information content (AvgIpc) is 3.64. The minimum atomic E-state index is 0.587. The Morgan fingerprint density at radius 2 is 1.31 bits per heavy atom. The lowest BCUT2D eigenvalue weighted by atomic mass is 10.1. The first-order valence-corrected chi connectivity index (χ1v) is 13.7. The Morgan fingerprint density at radius 1 is 0.619 bits per heavy atom. The number of nitrogens with zero attached hydrogens (tertiary/aromatic N) is 5. The summed E-state index contributed by atoms with van der Waals surface area (Å²) in [5.41, 5.74) is 8.46. The predicted molar refractivity (Wildman–Crippen MR) is 169 cm³/mol. The molecule has 0 fully saturated rings. The normalized spacial score (nSPS) is 11.7. The molecular formula is C36H23N5O. The van der Waals surface area contributed by atoms with E-state index in [0.717, 1.165) is 60.8 Å². The number of oxazole rings is 1. The topological polar surface area (TPSA) is 69.1 Å². The lowest BCUT2D eigenvalue weighted by Crippen LogP contribution is -2.00. The number of hydrogen-bond donors (Lipinski definition) is 0.